The lowest BCUT2D eigenvalue weighted by Crippen LogP contribution is -1.92. The molecular formula is C14H15NO2. The van der Waals surface area contributed by atoms with Crippen LogP contribution in [-0.4, -0.2) is 16.7 Å². The van der Waals surface area contributed by atoms with Gasteiger partial charge in [-0.2, -0.15) is 0 Å². The minimum Gasteiger partial charge on any atom is -0.494 e. The number of nitrogens with zero attached hydrogens (tertiary/aromatic N) is 1. The van der Waals surface area contributed by atoms with Crippen LogP contribution in [0.4, 0.5) is 0 Å². The lowest BCUT2D eigenvalue weighted by molar-refractivity contribution is 0.277. The molecule has 0 aliphatic carbocycles. The highest BCUT2D eigenvalue weighted by Gasteiger charge is 2.01. The van der Waals surface area contributed by atoms with Gasteiger partial charge in [0, 0.05) is 6.20 Å². The van der Waals surface area contributed by atoms with Crippen LogP contribution in [-0.2, 0) is 6.61 Å². The first-order chi connectivity index (χ1) is 8.33. The Morgan fingerprint density at radius 1 is 1.18 bits per heavy atom. The van der Waals surface area contributed by atoms with Crippen molar-refractivity contribution in [2.75, 3.05) is 6.61 Å². The van der Waals surface area contributed by atoms with Crippen molar-refractivity contribution in [3.05, 3.63) is 48.3 Å². The van der Waals surface area contributed by atoms with Gasteiger partial charge in [-0.3, -0.25) is 4.98 Å². The van der Waals surface area contributed by atoms with E-state index in [0.717, 1.165) is 16.9 Å². The van der Waals surface area contributed by atoms with E-state index in [1.165, 1.54) is 0 Å². The molecule has 2 rings (SSSR count). The normalized spacial score (nSPS) is 10.2. The fourth-order valence-corrected chi connectivity index (χ4v) is 1.68. The highest BCUT2D eigenvalue weighted by atomic mass is 16.5. The lowest BCUT2D eigenvalue weighted by Gasteiger charge is -2.07. The molecule has 1 aromatic carbocycles. The zero-order valence-electron chi connectivity index (χ0n) is 9.76. The van der Waals surface area contributed by atoms with Crippen molar-refractivity contribution in [3.63, 3.8) is 0 Å². The highest BCUT2D eigenvalue weighted by molar-refractivity contribution is 5.65. The van der Waals surface area contributed by atoms with E-state index in [0.29, 0.717) is 12.3 Å². The Labute approximate surface area is 101 Å². The summed E-state index contributed by atoms with van der Waals surface area (Å²) in [5, 5.41) is 9.06. The smallest absolute Gasteiger partial charge is 0.119 e. The molecule has 1 aromatic heterocycles. The van der Waals surface area contributed by atoms with Crippen LogP contribution in [0.1, 0.15) is 12.6 Å². The number of hydrogen-bond donors (Lipinski definition) is 1. The van der Waals surface area contributed by atoms with Gasteiger partial charge in [-0.05, 0) is 42.3 Å². The van der Waals surface area contributed by atoms with Gasteiger partial charge in [0.05, 0.1) is 18.9 Å². The highest BCUT2D eigenvalue weighted by Crippen LogP contribution is 2.24. The molecule has 1 N–H and O–H groups in total. The molecule has 3 nitrogen and oxygen atoms in total. The summed E-state index contributed by atoms with van der Waals surface area (Å²) < 4.78 is 5.46. The summed E-state index contributed by atoms with van der Waals surface area (Å²) >= 11 is 0. The molecular weight excluding hydrogens is 214 g/mol. The predicted molar refractivity (Wildman–Crippen MR) is 66.8 cm³/mol. The molecule has 2 aromatic rings. The zero-order valence-corrected chi connectivity index (χ0v) is 9.76. The molecule has 88 valence electrons. The topological polar surface area (TPSA) is 42.4 Å². The Morgan fingerprint density at radius 2 is 2.00 bits per heavy atom. The van der Waals surface area contributed by atoms with Gasteiger partial charge >= 0.3 is 0 Å². The second kappa shape index (κ2) is 5.46. The molecule has 0 bridgehead atoms. The average molecular weight is 229 g/mol. The van der Waals surface area contributed by atoms with Crippen molar-refractivity contribution < 1.29 is 9.84 Å². The summed E-state index contributed by atoms with van der Waals surface area (Å²) in [5.41, 5.74) is 2.77. The maximum atomic E-state index is 9.06. The lowest BCUT2D eigenvalue weighted by atomic mass is 10.1. The van der Waals surface area contributed by atoms with Crippen LogP contribution in [0.3, 0.4) is 0 Å². The summed E-state index contributed by atoms with van der Waals surface area (Å²) in [6.07, 6.45) is 1.70. The van der Waals surface area contributed by atoms with Crippen molar-refractivity contribution in [1.82, 2.24) is 4.98 Å². The van der Waals surface area contributed by atoms with Gasteiger partial charge < -0.3 is 9.84 Å². The molecule has 0 radical (unpaired) electrons. The first kappa shape index (κ1) is 11.6. The summed E-state index contributed by atoms with van der Waals surface area (Å²) in [7, 11) is 0. The van der Waals surface area contributed by atoms with Crippen LogP contribution in [0, 0.1) is 0 Å². The number of hydrogen-bond acceptors (Lipinski definition) is 3. The maximum Gasteiger partial charge on any atom is 0.119 e. The van der Waals surface area contributed by atoms with Gasteiger partial charge in [-0.1, -0.05) is 12.1 Å². The number of ether oxygens (including phenoxy) is 1. The minimum atomic E-state index is -0.0427. The summed E-state index contributed by atoms with van der Waals surface area (Å²) in [6.45, 7) is 2.57. The second-order valence-corrected chi connectivity index (χ2v) is 3.65. The van der Waals surface area contributed by atoms with Crippen LogP contribution >= 0.6 is 0 Å². The van der Waals surface area contributed by atoms with Crippen LogP contribution in [0.2, 0.25) is 0 Å². The molecule has 17 heavy (non-hydrogen) atoms. The second-order valence-electron chi connectivity index (χ2n) is 3.65. The van der Waals surface area contributed by atoms with Gasteiger partial charge in [0.25, 0.3) is 0 Å². The quantitative estimate of drug-likeness (QED) is 0.876. The number of benzene rings is 1. The minimum absolute atomic E-state index is 0.0427. The van der Waals surface area contributed by atoms with Crippen LogP contribution < -0.4 is 4.74 Å². The van der Waals surface area contributed by atoms with E-state index in [2.05, 4.69) is 4.98 Å². The summed E-state index contributed by atoms with van der Waals surface area (Å²) in [4.78, 5) is 4.06. The van der Waals surface area contributed by atoms with E-state index in [4.69, 9.17) is 9.84 Å². The van der Waals surface area contributed by atoms with Crippen LogP contribution in [0.15, 0.2) is 42.6 Å². The van der Waals surface area contributed by atoms with E-state index in [-0.39, 0.29) is 6.61 Å². The fourth-order valence-electron chi connectivity index (χ4n) is 1.68. The Balaban J connectivity index is 2.34. The zero-order chi connectivity index (χ0) is 12.1. The van der Waals surface area contributed by atoms with Gasteiger partial charge in [-0.15, -0.1) is 0 Å². The molecule has 1 heterocycles. The van der Waals surface area contributed by atoms with Crippen molar-refractivity contribution in [2.24, 2.45) is 0 Å². The first-order valence-corrected chi connectivity index (χ1v) is 5.62. The molecule has 0 aliphatic heterocycles. The Bertz CT molecular complexity index is 497. The molecule has 0 saturated heterocycles. The fraction of sp³-hybridized carbons (Fsp3) is 0.214. The number of rotatable bonds is 4. The van der Waals surface area contributed by atoms with E-state index < -0.39 is 0 Å². The number of aliphatic hydroxyl groups excluding tert-OH is 1. The van der Waals surface area contributed by atoms with E-state index in [1.54, 1.807) is 6.20 Å². The number of pyridine rings is 1. The number of aliphatic hydroxyl groups is 1. The molecule has 0 saturated carbocycles. The van der Waals surface area contributed by atoms with Crippen molar-refractivity contribution in [1.29, 1.82) is 0 Å². The van der Waals surface area contributed by atoms with E-state index in [9.17, 15) is 0 Å². The Hall–Kier alpha value is -1.87. The summed E-state index contributed by atoms with van der Waals surface area (Å²) in [5.74, 6) is 0.854. The van der Waals surface area contributed by atoms with Crippen molar-refractivity contribution in [3.8, 4) is 16.9 Å². The Kier molecular flexibility index (Phi) is 3.73. The molecule has 0 unspecified atom stereocenters. The average Bonchev–Trinajstić information content (AvgIpc) is 2.40. The molecule has 0 amide bonds. The van der Waals surface area contributed by atoms with Gasteiger partial charge in [0.2, 0.25) is 0 Å². The van der Waals surface area contributed by atoms with Gasteiger partial charge in [0.15, 0.2) is 0 Å². The third-order valence-corrected chi connectivity index (χ3v) is 2.46. The van der Waals surface area contributed by atoms with E-state index in [1.807, 2.05) is 43.3 Å². The maximum absolute atomic E-state index is 9.06. The third-order valence-electron chi connectivity index (χ3n) is 2.46. The molecule has 0 fully saturated rings. The summed E-state index contributed by atoms with van der Waals surface area (Å²) in [6, 6.07) is 11.7. The van der Waals surface area contributed by atoms with Crippen LogP contribution in [0.5, 0.6) is 5.75 Å². The monoisotopic (exact) mass is 229 g/mol. The van der Waals surface area contributed by atoms with Crippen molar-refractivity contribution in [2.45, 2.75) is 13.5 Å². The van der Waals surface area contributed by atoms with E-state index >= 15 is 0 Å². The SMILES string of the molecule is CCOc1cccc(-c2ccnc(CO)c2)c1. The molecule has 3 heteroatoms. The molecule has 0 aliphatic rings. The predicted octanol–water partition coefficient (Wildman–Crippen LogP) is 2.64. The standard InChI is InChI=1S/C14H15NO2/c1-2-17-14-5-3-4-11(9-14)12-6-7-15-13(8-12)10-16/h3-9,16H,2,10H2,1H3. The van der Waals surface area contributed by atoms with Crippen LogP contribution in [0.25, 0.3) is 11.1 Å². The molecule has 0 atom stereocenters. The van der Waals surface area contributed by atoms with Gasteiger partial charge in [-0.25, -0.2) is 0 Å². The largest absolute Gasteiger partial charge is 0.494 e. The Morgan fingerprint density at radius 3 is 2.76 bits per heavy atom. The number of aromatic nitrogens is 1. The third kappa shape index (κ3) is 2.82. The molecule has 0 spiro atoms. The van der Waals surface area contributed by atoms with Gasteiger partial charge in [0.1, 0.15) is 5.75 Å². The first-order valence-electron chi connectivity index (χ1n) is 5.62. The van der Waals surface area contributed by atoms with Crippen molar-refractivity contribution >= 4 is 0 Å².